The zero-order valence-corrected chi connectivity index (χ0v) is 12.0. The number of amides is 1. The lowest BCUT2D eigenvalue weighted by atomic mass is 9.99. The number of hydrogen-bond acceptors (Lipinski definition) is 2. The molecule has 1 saturated carbocycles. The largest absolute Gasteiger partial charge is 0.349 e. The molecule has 20 heavy (non-hydrogen) atoms. The lowest BCUT2D eigenvalue weighted by molar-refractivity contribution is 0.0927. The first-order valence-electron chi connectivity index (χ1n) is 7.31. The second-order valence-corrected chi connectivity index (χ2v) is 5.36. The van der Waals surface area contributed by atoms with E-state index in [4.69, 9.17) is 5.73 Å². The van der Waals surface area contributed by atoms with Gasteiger partial charge < -0.3 is 11.1 Å². The molecule has 1 aromatic carbocycles. The van der Waals surface area contributed by atoms with Crippen LogP contribution < -0.4 is 11.1 Å². The lowest BCUT2D eigenvalue weighted by Gasteiger charge is -2.20. The van der Waals surface area contributed by atoms with Crippen molar-refractivity contribution in [3.05, 3.63) is 35.4 Å². The Morgan fingerprint density at radius 2 is 2.10 bits per heavy atom. The minimum Gasteiger partial charge on any atom is -0.349 e. The highest BCUT2D eigenvalue weighted by molar-refractivity contribution is 5.96. The summed E-state index contributed by atoms with van der Waals surface area (Å²) in [5.74, 6) is 6.34. The molecule has 0 bridgehead atoms. The van der Waals surface area contributed by atoms with E-state index in [2.05, 4.69) is 24.1 Å². The molecule has 0 aliphatic heterocycles. The first-order valence-corrected chi connectivity index (χ1v) is 7.31. The van der Waals surface area contributed by atoms with Gasteiger partial charge in [-0.25, -0.2) is 0 Å². The van der Waals surface area contributed by atoms with Gasteiger partial charge in [0.25, 0.3) is 5.91 Å². The third-order valence-electron chi connectivity index (χ3n) is 3.96. The van der Waals surface area contributed by atoms with Crippen molar-refractivity contribution in [2.24, 2.45) is 11.7 Å². The fourth-order valence-corrected chi connectivity index (χ4v) is 2.80. The molecular formula is C17H22N2O. The summed E-state index contributed by atoms with van der Waals surface area (Å²) < 4.78 is 0. The molecule has 1 unspecified atom stereocenters. The molecule has 1 atom stereocenters. The molecule has 106 valence electrons. The van der Waals surface area contributed by atoms with Crippen LogP contribution in [0, 0.1) is 17.8 Å². The summed E-state index contributed by atoms with van der Waals surface area (Å²) in [6.07, 6.45) is 5.00. The summed E-state index contributed by atoms with van der Waals surface area (Å²) in [4.78, 5) is 12.4. The lowest BCUT2D eigenvalue weighted by Crippen LogP contribution is -2.37. The van der Waals surface area contributed by atoms with E-state index in [9.17, 15) is 4.79 Å². The summed E-state index contributed by atoms with van der Waals surface area (Å²) in [6, 6.07) is 7.65. The second kappa shape index (κ2) is 7.12. The molecule has 0 heterocycles. The molecule has 1 fully saturated rings. The van der Waals surface area contributed by atoms with Crippen LogP contribution in [0.25, 0.3) is 0 Å². The highest BCUT2D eigenvalue weighted by atomic mass is 16.1. The van der Waals surface area contributed by atoms with Gasteiger partial charge in [-0.3, -0.25) is 4.79 Å². The third-order valence-corrected chi connectivity index (χ3v) is 3.96. The van der Waals surface area contributed by atoms with Gasteiger partial charge in [-0.1, -0.05) is 36.8 Å². The van der Waals surface area contributed by atoms with Crippen LogP contribution in [0.1, 0.15) is 48.5 Å². The van der Waals surface area contributed by atoms with Gasteiger partial charge in [-0.2, -0.15) is 0 Å². The van der Waals surface area contributed by atoms with E-state index in [0.29, 0.717) is 18.0 Å². The van der Waals surface area contributed by atoms with Crippen LogP contribution in [-0.2, 0) is 0 Å². The van der Waals surface area contributed by atoms with E-state index in [1.54, 1.807) is 0 Å². The van der Waals surface area contributed by atoms with Gasteiger partial charge >= 0.3 is 0 Å². The number of rotatable bonds is 3. The van der Waals surface area contributed by atoms with Gasteiger partial charge in [0.15, 0.2) is 0 Å². The molecule has 1 aliphatic carbocycles. The van der Waals surface area contributed by atoms with Crippen LogP contribution in [0.15, 0.2) is 24.3 Å². The minimum atomic E-state index is -0.0358. The topological polar surface area (TPSA) is 55.1 Å². The van der Waals surface area contributed by atoms with Gasteiger partial charge in [-0.05, 0) is 37.8 Å². The number of carbonyl (C=O) groups excluding carboxylic acids is 1. The number of nitrogens with two attached hydrogens (primary N) is 1. The highest BCUT2D eigenvalue weighted by Gasteiger charge is 2.23. The van der Waals surface area contributed by atoms with Crippen LogP contribution in [-0.4, -0.2) is 18.5 Å². The van der Waals surface area contributed by atoms with Crippen LogP contribution in [0.5, 0.6) is 0 Å². The van der Waals surface area contributed by atoms with Crippen molar-refractivity contribution in [2.75, 3.05) is 6.54 Å². The molecule has 3 N–H and O–H groups in total. The maximum atomic E-state index is 12.4. The molecule has 1 aliphatic rings. The Labute approximate surface area is 120 Å². The quantitative estimate of drug-likeness (QED) is 0.828. The number of nitrogens with one attached hydrogen (secondary N) is 1. The van der Waals surface area contributed by atoms with Gasteiger partial charge in [0, 0.05) is 11.6 Å². The Hall–Kier alpha value is -1.79. The molecular weight excluding hydrogens is 248 g/mol. The maximum Gasteiger partial charge on any atom is 0.252 e. The summed E-state index contributed by atoms with van der Waals surface area (Å²) >= 11 is 0. The number of carbonyl (C=O) groups is 1. The highest BCUT2D eigenvalue weighted by Crippen LogP contribution is 2.27. The molecule has 1 aromatic rings. The van der Waals surface area contributed by atoms with Gasteiger partial charge in [0.05, 0.1) is 12.1 Å². The third kappa shape index (κ3) is 3.61. The van der Waals surface area contributed by atoms with Gasteiger partial charge in [-0.15, -0.1) is 0 Å². The Morgan fingerprint density at radius 1 is 1.40 bits per heavy atom. The van der Waals surface area contributed by atoms with Crippen LogP contribution in [0.3, 0.4) is 0 Å². The van der Waals surface area contributed by atoms with Crippen molar-refractivity contribution < 1.29 is 4.79 Å². The molecule has 0 saturated heterocycles. The minimum absolute atomic E-state index is 0.0358. The molecule has 0 aromatic heterocycles. The maximum absolute atomic E-state index is 12.4. The molecule has 0 spiro atoms. The SMILES string of the molecule is CC(NC(=O)c1ccccc1C#CCN)C1CCCC1. The van der Waals surface area contributed by atoms with Gasteiger partial charge in [0.1, 0.15) is 0 Å². The fraction of sp³-hybridized carbons (Fsp3) is 0.471. The van der Waals surface area contributed by atoms with Crippen molar-refractivity contribution in [3.63, 3.8) is 0 Å². The average Bonchev–Trinajstić information content (AvgIpc) is 2.99. The average molecular weight is 270 g/mol. The Morgan fingerprint density at radius 3 is 2.80 bits per heavy atom. The second-order valence-electron chi connectivity index (χ2n) is 5.36. The van der Waals surface area contributed by atoms with E-state index in [-0.39, 0.29) is 11.9 Å². The van der Waals surface area contributed by atoms with Crippen LogP contribution in [0.4, 0.5) is 0 Å². The smallest absolute Gasteiger partial charge is 0.252 e. The molecule has 2 rings (SSSR count). The van der Waals surface area contributed by atoms with E-state index in [1.807, 2.05) is 24.3 Å². The van der Waals surface area contributed by atoms with E-state index in [1.165, 1.54) is 25.7 Å². The number of benzene rings is 1. The van der Waals surface area contributed by atoms with Crippen molar-refractivity contribution in [2.45, 2.75) is 38.6 Å². The van der Waals surface area contributed by atoms with Crippen molar-refractivity contribution in [3.8, 4) is 11.8 Å². The first-order chi connectivity index (χ1) is 9.72. The number of hydrogen-bond donors (Lipinski definition) is 2. The summed E-state index contributed by atoms with van der Waals surface area (Å²) in [5.41, 5.74) is 6.77. The molecule has 1 amide bonds. The Bertz CT molecular complexity index is 521. The fourth-order valence-electron chi connectivity index (χ4n) is 2.80. The van der Waals surface area contributed by atoms with Crippen molar-refractivity contribution >= 4 is 5.91 Å². The Balaban J connectivity index is 2.08. The predicted molar refractivity (Wildman–Crippen MR) is 81.3 cm³/mol. The molecule has 3 nitrogen and oxygen atoms in total. The standard InChI is InChI=1S/C17H22N2O/c1-13(14-7-2-3-8-14)19-17(20)16-11-5-4-9-15(16)10-6-12-18/h4-5,9,11,13-14H,2-3,7-8,12,18H2,1H3,(H,19,20). The van der Waals surface area contributed by atoms with Crippen molar-refractivity contribution in [1.29, 1.82) is 0 Å². The predicted octanol–water partition coefficient (Wildman–Crippen LogP) is 2.31. The molecule has 0 radical (unpaired) electrons. The van der Waals surface area contributed by atoms with E-state index >= 15 is 0 Å². The summed E-state index contributed by atoms with van der Waals surface area (Å²) in [5, 5.41) is 3.12. The van der Waals surface area contributed by atoms with Crippen LogP contribution in [0.2, 0.25) is 0 Å². The van der Waals surface area contributed by atoms with Gasteiger partial charge in [0.2, 0.25) is 0 Å². The zero-order valence-electron chi connectivity index (χ0n) is 12.0. The summed E-state index contributed by atoms with van der Waals surface area (Å²) in [6.45, 7) is 2.40. The first kappa shape index (κ1) is 14.6. The van der Waals surface area contributed by atoms with E-state index < -0.39 is 0 Å². The van der Waals surface area contributed by atoms with Crippen LogP contribution >= 0.6 is 0 Å². The van der Waals surface area contributed by atoms with Crippen molar-refractivity contribution in [1.82, 2.24) is 5.32 Å². The zero-order chi connectivity index (χ0) is 14.4. The molecule has 3 heteroatoms. The van der Waals surface area contributed by atoms with E-state index in [0.717, 1.165) is 5.56 Å². The monoisotopic (exact) mass is 270 g/mol. The Kier molecular flexibility index (Phi) is 5.20. The summed E-state index contributed by atoms with van der Waals surface area (Å²) in [7, 11) is 0. The normalized spacial score (nSPS) is 16.3.